The number of carbonyl (C=O) groups excluding carboxylic acids is 1. The van der Waals surface area contributed by atoms with E-state index >= 15 is 0 Å². The summed E-state index contributed by atoms with van der Waals surface area (Å²) in [6.45, 7) is 0.630. The lowest BCUT2D eigenvalue weighted by Gasteiger charge is -2.17. The minimum Gasteiger partial charge on any atom is -0.480 e. The zero-order valence-corrected chi connectivity index (χ0v) is 10.9. The number of carboxylic acids is 1. The maximum atomic E-state index is 11.8. The molecule has 6 heteroatoms. The summed E-state index contributed by atoms with van der Waals surface area (Å²) in [6, 6.07) is 4.33. The van der Waals surface area contributed by atoms with Gasteiger partial charge in [0.1, 0.15) is 11.3 Å². The van der Waals surface area contributed by atoms with Gasteiger partial charge in [-0.2, -0.15) is 0 Å². The summed E-state index contributed by atoms with van der Waals surface area (Å²) in [5.41, 5.74) is -0.0375. The molecule has 1 aliphatic heterocycles. The number of amides is 1. The highest BCUT2D eigenvalue weighted by Crippen LogP contribution is 2.25. The molecule has 0 aromatic heterocycles. The summed E-state index contributed by atoms with van der Waals surface area (Å²) in [5, 5.41) is 12.2. The van der Waals surface area contributed by atoms with Crippen molar-refractivity contribution in [1.29, 1.82) is 0 Å². The smallest absolute Gasteiger partial charge is 0.339 e. The molecule has 1 fully saturated rings. The Hall–Kier alpha value is -1.75. The number of aromatic carboxylic acids is 1. The maximum Gasteiger partial charge on any atom is 0.339 e. The Labute approximate surface area is 115 Å². The van der Waals surface area contributed by atoms with Gasteiger partial charge in [-0.15, -0.1) is 0 Å². The minimum atomic E-state index is -1.13. The predicted molar refractivity (Wildman–Crippen MR) is 69.7 cm³/mol. The Balaban J connectivity index is 2.22. The van der Waals surface area contributed by atoms with E-state index in [1.165, 1.54) is 18.2 Å². The van der Waals surface area contributed by atoms with Gasteiger partial charge in [0.2, 0.25) is 0 Å². The third-order valence-electron chi connectivity index (χ3n) is 2.93. The van der Waals surface area contributed by atoms with Gasteiger partial charge >= 0.3 is 5.97 Å². The molecule has 0 saturated carbocycles. The zero-order chi connectivity index (χ0) is 13.8. The van der Waals surface area contributed by atoms with Crippen LogP contribution in [0.4, 0.5) is 0 Å². The van der Waals surface area contributed by atoms with Crippen molar-refractivity contribution in [2.24, 2.45) is 0 Å². The fourth-order valence-electron chi connectivity index (χ4n) is 1.95. The highest BCUT2D eigenvalue weighted by atomic mass is 35.5. The number of hydrogen-bond acceptors (Lipinski definition) is 3. The van der Waals surface area contributed by atoms with Crippen LogP contribution in [0.2, 0.25) is 5.02 Å². The number of rotatable bonds is 3. The molecule has 1 aromatic rings. The normalized spacial score (nSPS) is 19.4. The summed E-state index contributed by atoms with van der Waals surface area (Å²) < 4.78 is 5.54. The SMILES string of the molecule is O=C(O)c1cc(Cl)ccc1OC1CCCCNC1=O. The first kappa shape index (κ1) is 13.7. The van der Waals surface area contributed by atoms with Crippen LogP contribution in [0.25, 0.3) is 0 Å². The first-order valence-electron chi connectivity index (χ1n) is 6.05. The topological polar surface area (TPSA) is 75.6 Å². The van der Waals surface area contributed by atoms with Gasteiger partial charge in [0.15, 0.2) is 6.10 Å². The van der Waals surface area contributed by atoms with Crippen molar-refractivity contribution in [3.63, 3.8) is 0 Å². The van der Waals surface area contributed by atoms with Crippen molar-refractivity contribution in [1.82, 2.24) is 5.32 Å². The summed E-state index contributed by atoms with van der Waals surface area (Å²) in [7, 11) is 0. The molecule has 2 rings (SSSR count). The molecule has 19 heavy (non-hydrogen) atoms. The Kier molecular flexibility index (Phi) is 4.27. The lowest BCUT2D eigenvalue weighted by atomic mass is 10.1. The fourth-order valence-corrected chi connectivity index (χ4v) is 2.12. The number of hydrogen-bond donors (Lipinski definition) is 2. The lowest BCUT2D eigenvalue weighted by Crippen LogP contribution is -2.36. The average molecular weight is 284 g/mol. The summed E-state index contributed by atoms with van der Waals surface area (Å²) in [5.74, 6) is -1.17. The van der Waals surface area contributed by atoms with Gasteiger partial charge in [0, 0.05) is 11.6 Å². The Morgan fingerprint density at radius 3 is 2.95 bits per heavy atom. The molecule has 0 spiro atoms. The van der Waals surface area contributed by atoms with Crippen LogP contribution in [0.15, 0.2) is 18.2 Å². The summed E-state index contributed by atoms with van der Waals surface area (Å²) in [6.07, 6.45) is 1.69. The minimum absolute atomic E-state index is 0.0375. The van der Waals surface area contributed by atoms with Crippen molar-refractivity contribution in [2.75, 3.05) is 6.54 Å². The standard InChI is InChI=1S/C13H14ClNO4/c14-8-4-5-10(9(7-8)13(17)18)19-11-3-1-2-6-15-12(11)16/h4-5,7,11H,1-3,6H2,(H,15,16)(H,17,18). The number of carboxylic acid groups (broad SMARTS) is 1. The van der Waals surface area contributed by atoms with Gasteiger partial charge in [0.25, 0.3) is 5.91 Å². The van der Waals surface area contributed by atoms with Gasteiger partial charge in [0.05, 0.1) is 0 Å². The molecule has 1 amide bonds. The molecular formula is C13H14ClNO4. The molecular weight excluding hydrogens is 270 g/mol. The van der Waals surface area contributed by atoms with E-state index in [1.54, 1.807) is 0 Å². The number of nitrogens with one attached hydrogen (secondary N) is 1. The number of benzene rings is 1. The lowest BCUT2D eigenvalue weighted by molar-refractivity contribution is -0.127. The molecule has 1 unspecified atom stereocenters. The predicted octanol–water partition coefficient (Wildman–Crippen LogP) is 2.09. The van der Waals surface area contributed by atoms with Crippen molar-refractivity contribution < 1.29 is 19.4 Å². The van der Waals surface area contributed by atoms with E-state index < -0.39 is 12.1 Å². The number of halogens is 1. The summed E-state index contributed by atoms with van der Waals surface area (Å²) >= 11 is 5.76. The molecule has 1 heterocycles. The molecule has 1 saturated heterocycles. The number of carbonyl (C=O) groups is 2. The maximum absolute atomic E-state index is 11.8. The molecule has 0 radical (unpaired) electrons. The van der Waals surface area contributed by atoms with Crippen LogP contribution in [-0.2, 0) is 4.79 Å². The highest BCUT2D eigenvalue weighted by molar-refractivity contribution is 6.31. The highest BCUT2D eigenvalue weighted by Gasteiger charge is 2.24. The van der Waals surface area contributed by atoms with Crippen LogP contribution in [-0.4, -0.2) is 29.6 Å². The molecule has 1 atom stereocenters. The Morgan fingerprint density at radius 1 is 1.42 bits per heavy atom. The third-order valence-corrected chi connectivity index (χ3v) is 3.16. The first-order chi connectivity index (χ1) is 9.08. The van der Waals surface area contributed by atoms with Gasteiger partial charge in [-0.05, 0) is 37.5 Å². The van der Waals surface area contributed by atoms with Crippen molar-refractivity contribution in [3.05, 3.63) is 28.8 Å². The Bertz CT molecular complexity index is 503. The zero-order valence-electron chi connectivity index (χ0n) is 10.2. The van der Waals surface area contributed by atoms with Crippen LogP contribution >= 0.6 is 11.6 Å². The third kappa shape index (κ3) is 3.38. The first-order valence-corrected chi connectivity index (χ1v) is 6.43. The second-order valence-corrected chi connectivity index (χ2v) is 4.78. The van der Waals surface area contributed by atoms with Crippen LogP contribution in [0, 0.1) is 0 Å². The largest absolute Gasteiger partial charge is 0.480 e. The molecule has 1 aliphatic rings. The van der Waals surface area contributed by atoms with Gasteiger partial charge < -0.3 is 15.2 Å². The van der Waals surface area contributed by atoms with Crippen LogP contribution < -0.4 is 10.1 Å². The quantitative estimate of drug-likeness (QED) is 0.890. The van der Waals surface area contributed by atoms with Crippen molar-refractivity contribution in [2.45, 2.75) is 25.4 Å². The molecule has 102 valence electrons. The number of ether oxygens (including phenoxy) is 1. The van der Waals surface area contributed by atoms with E-state index in [1.807, 2.05) is 0 Å². The van der Waals surface area contributed by atoms with E-state index in [0.29, 0.717) is 18.0 Å². The second kappa shape index (κ2) is 5.93. The second-order valence-electron chi connectivity index (χ2n) is 4.34. The van der Waals surface area contributed by atoms with Crippen LogP contribution in [0.1, 0.15) is 29.6 Å². The summed E-state index contributed by atoms with van der Waals surface area (Å²) in [4.78, 5) is 22.9. The average Bonchev–Trinajstić information content (AvgIpc) is 2.57. The van der Waals surface area contributed by atoms with Crippen molar-refractivity contribution >= 4 is 23.5 Å². The van der Waals surface area contributed by atoms with Crippen LogP contribution in [0.5, 0.6) is 5.75 Å². The molecule has 0 bridgehead atoms. The van der Waals surface area contributed by atoms with Crippen molar-refractivity contribution in [3.8, 4) is 5.75 Å². The molecule has 5 nitrogen and oxygen atoms in total. The van der Waals surface area contributed by atoms with Crippen LogP contribution in [0.3, 0.4) is 0 Å². The van der Waals surface area contributed by atoms with Gasteiger partial charge in [-0.3, -0.25) is 4.79 Å². The van der Waals surface area contributed by atoms with E-state index in [0.717, 1.165) is 12.8 Å². The van der Waals surface area contributed by atoms with E-state index in [2.05, 4.69) is 5.32 Å². The fraction of sp³-hybridized carbons (Fsp3) is 0.385. The van der Waals surface area contributed by atoms with Gasteiger partial charge in [-0.1, -0.05) is 11.6 Å². The van der Waals surface area contributed by atoms with E-state index in [-0.39, 0.29) is 17.2 Å². The molecule has 2 N–H and O–H groups in total. The monoisotopic (exact) mass is 283 g/mol. The van der Waals surface area contributed by atoms with E-state index in [4.69, 9.17) is 21.4 Å². The molecule has 1 aromatic carbocycles. The molecule has 0 aliphatic carbocycles. The van der Waals surface area contributed by atoms with E-state index in [9.17, 15) is 9.59 Å². The Morgan fingerprint density at radius 2 is 2.21 bits per heavy atom. The van der Waals surface area contributed by atoms with Gasteiger partial charge in [-0.25, -0.2) is 4.79 Å².